The number of hydrogen-bond donors (Lipinski definition) is 2. The van der Waals surface area contributed by atoms with Crippen molar-refractivity contribution < 1.29 is 37.3 Å². The highest BCUT2D eigenvalue weighted by Gasteiger charge is 2.60. The van der Waals surface area contributed by atoms with Gasteiger partial charge in [-0.25, -0.2) is 19.1 Å². The summed E-state index contributed by atoms with van der Waals surface area (Å²) in [6, 6.07) is 1.14. The number of nitrogens with one attached hydrogen (secondary N) is 1. The maximum Gasteiger partial charge on any atom is 0.412 e. The highest BCUT2D eigenvalue weighted by molar-refractivity contribution is 6.74. The average Bonchev–Trinajstić information content (AvgIpc) is 2.89. The molecule has 182 valence electrons. The lowest BCUT2D eigenvalue weighted by Crippen LogP contribution is -2.45. The Morgan fingerprint density at radius 3 is 2.62 bits per heavy atom. The van der Waals surface area contributed by atoms with Crippen LogP contribution in [0.3, 0.4) is 0 Å². The largest absolute Gasteiger partial charge is 0.447 e. The van der Waals surface area contributed by atoms with Crippen molar-refractivity contribution >= 4 is 20.2 Å². The number of aliphatic hydroxyl groups is 1. The monoisotopic (exact) mass is 479 g/mol. The summed E-state index contributed by atoms with van der Waals surface area (Å²) in [7, 11) is -0.896. The molecule has 1 saturated heterocycles. The molecule has 0 spiro atoms. The van der Waals surface area contributed by atoms with Crippen molar-refractivity contribution in [3.05, 3.63) is 22.7 Å². The molecule has 0 aliphatic carbocycles. The number of hydrogen-bond acceptors (Lipinski definition) is 8. The molecule has 32 heavy (non-hydrogen) atoms. The van der Waals surface area contributed by atoms with Gasteiger partial charge in [-0.1, -0.05) is 20.8 Å². The van der Waals surface area contributed by atoms with Crippen LogP contribution in [0.2, 0.25) is 18.1 Å². The fraction of sp³-hybridized carbons (Fsp3) is 0.737. The summed E-state index contributed by atoms with van der Waals surface area (Å²) in [4.78, 5) is 27.8. The van der Waals surface area contributed by atoms with Crippen molar-refractivity contribution in [1.82, 2.24) is 9.55 Å². The molecule has 2 N–H and O–H groups in total. The number of carbonyl (C=O) groups excluding carboxylic acids is 1. The molecular formula is C19H31F2N3O7Si. The summed E-state index contributed by atoms with van der Waals surface area (Å²) in [6.07, 6.45) is -5.77. The quantitative estimate of drug-likeness (QED) is 0.431. The summed E-state index contributed by atoms with van der Waals surface area (Å²) >= 11 is 0. The Balaban J connectivity index is 2.25. The Morgan fingerprint density at radius 1 is 1.38 bits per heavy atom. The van der Waals surface area contributed by atoms with Gasteiger partial charge in [0.2, 0.25) is 6.23 Å². The first-order chi connectivity index (χ1) is 14.7. The molecule has 13 heteroatoms. The molecule has 2 heterocycles. The van der Waals surface area contributed by atoms with Crippen molar-refractivity contribution in [3.8, 4) is 0 Å². The second-order valence-electron chi connectivity index (χ2n) is 8.95. The number of ether oxygens (including phenoxy) is 3. The van der Waals surface area contributed by atoms with Crippen molar-refractivity contribution in [2.45, 2.75) is 63.3 Å². The molecule has 1 aliphatic heterocycles. The molecule has 0 bridgehead atoms. The smallest absolute Gasteiger partial charge is 0.412 e. The lowest BCUT2D eigenvalue weighted by atomic mass is 10.1. The van der Waals surface area contributed by atoms with E-state index in [0.717, 1.165) is 12.3 Å². The van der Waals surface area contributed by atoms with E-state index in [9.17, 15) is 23.5 Å². The molecule has 0 saturated carbocycles. The van der Waals surface area contributed by atoms with Gasteiger partial charge in [-0.05, 0) is 24.2 Å². The third kappa shape index (κ3) is 5.70. The number of rotatable bonds is 8. The van der Waals surface area contributed by atoms with Crippen LogP contribution >= 0.6 is 0 Å². The van der Waals surface area contributed by atoms with Gasteiger partial charge < -0.3 is 23.7 Å². The number of amides is 1. The standard InChI is InChI=1S/C19H31F2N3O7Si/c1-18(2,3)32(5,6)30-11-12-14(25)19(20,21)15(31-12)24-13(7-8-22-16(24)26)23-17(27)29-10-9-28-4/h7-8,12,14-15,25H,9-11H2,1-6H3,(H,23,27)/t12-,14-,15-/m1/s1. The summed E-state index contributed by atoms with van der Waals surface area (Å²) < 4.78 is 51.3. The van der Waals surface area contributed by atoms with Crippen molar-refractivity contribution in [2.75, 3.05) is 32.2 Å². The molecule has 1 aromatic rings. The van der Waals surface area contributed by atoms with Crippen LogP contribution in [0.15, 0.2) is 17.1 Å². The van der Waals surface area contributed by atoms with Gasteiger partial charge in [0.05, 0.1) is 13.2 Å². The van der Waals surface area contributed by atoms with Gasteiger partial charge >= 0.3 is 17.7 Å². The van der Waals surface area contributed by atoms with Crippen LogP contribution in [-0.2, 0) is 18.6 Å². The molecule has 0 unspecified atom stereocenters. The molecule has 10 nitrogen and oxygen atoms in total. The minimum Gasteiger partial charge on any atom is -0.447 e. The minimum absolute atomic E-state index is 0.0840. The van der Waals surface area contributed by atoms with E-state index in [1.807, 2.05) is 33.9 Å². The van der Waals surface area contributed by atoms with E-state index in [4.69, 9.17) is 18.6 Å². The van der Waals surface area contributed by atoms with Gasteiger partial charge in [-0.2, -0.15) is 8.78 Å². The van der Waals surface area contributed by atoms with E-state index in [2.05, 4.69) is 10.3 Å². The maximum absolute atomic E-state index is 15.0. The van der Waals surface area contributed by atoms with Crippen LogP contribution < -0.4 is 11.0 Å². The average molecular weight is 480 g/mol. The summed E-state index contributed by atoms with van der Waals surface area (Å²) in [5.74, 6) is -4.18. The number of aromatic nitrogens is 2. The fourth-order valence-electron chi connectivity index (χ4n) is 2.70. The zero-order valence-corrected chi connectivity index (χ0v) is 20.1. The lowest BCUT2D eigenvalue weighted by molar-refractivity contribution is -0.140. The van der Waals surface area contributed by atoms with Gasteiger partial charge in [0.15, 0.2) is 14.4 Å². The first-order valence-electron chi connectivity index (χ1n) is 10.1. The highest BCUT2D eigenvalue weighted by atomic mass is 28.4. The molecule has 0 aromatic carbocycles. The predicted molar refractivity (Wildman–Crippen MR) is 113 cm³/mol. The zero-order chi connectivity index (χ0) is 24.3. The Labute approximate surface area is 186 Å². The van der Waals surface area contributed by atoms with Crippen LogP contribution in [0.1, 0.15) is 27.0 Å². The molecule has 2 rings (SSSR count). The Hall–Kier alpha value is -1.93. The van der Waals surface area contributed by atoms with Crippen LogP contribution in [-0.4, -0.2) is 74.1 Å². The molecule has 1 aromatic heterocycles. The number of nitrogens with zero attached hydrogens (tertiary/aromatic N) is 2. The molecule has 3 atom stereocenters. The molecule has 1 amide bonds. The third-order valence-electron chi connectivity index (χ3n) is 5.66. The molecule has 0 radical (unpaired) electrons. The van der Waals surface area contributed by atoms with Crippen LogP contribution in [0.5, 0.6) is 0 Å². The first kappa shape index (κ1) is 26.3. The summed E-state index contributed by atoms with van der Waals surface area (Å²) in [5, 5.41) is 12.3. The summed E-state index contributed by atoms with van der Waals surface area (Å²) in [5.41, 5.74) is -1.09. The molecule has 1 fully saturated rings. The predicted octanol–water partition coefficient (Wildman–Crippen LogP) is 2.35. The second kappa shape index (κ2) is 9.91. The maximum atomic E-state index is 15.0. The number of methoxy groups -OCH3 is 1. The van der Waals surface area contributed by atoms with Crippen molar-refractivity contribution in [3.63, 3.8) is 0 Å². The number of carbonyl (C=O) groups is 1. The topological polar surface area (TPSA) is 121 Å². The number of alkyl halides is 2. The molecule has 1 aliphatic rings. The van der Waals surface area contributed by atoms with E-state index in [1.165, 1.54) is 7.11 Å². The zero-order valence-electron chi connectivity index (χ0n) is 19.1. The van der Waals surface area contributed by atoms with E-state index < -0.39 is 44.5 Å². The van der Waals surface area contributed by atoms with Gasteiger partial charge in [0, 0.05) is 13.3 Å². The Morgan fingerprint density at radius 2 is 2.03 bits per heavy atom. The Bertz CT molecular complexity index is 860. The van der Waals surface area contributed by atoms with Crippen molar-refractivity contribution in [1.29, 1.82) is 0 Å². The van der Waals surface area contributed by atoms with Crippen LogP contribution in [0, 0.1) is 0 Å². The number of halogens is 2. The van der Waals surface area contributed by atoms with Gasteiger partial charge in [-0.15, -0.1) is 0 Å². The third-order valence-corrected chi connectivity index (χ3v) is 10.2. The Kier molecular flexibility index (Phi) is 8.15. The second-order valence-corrected chi connectivity index (χ2v) is 13.8. The fourth-order valence-corrected chi connectivity index (χ4v) is 3.71. The summed E-state index contributed by atoms with van der Waals surface area (Å²) in [6.45, 7) is 9.60. The highest BCUT2D eigenvalue weighted by Crippen LogP contribution is 2.44. The van der Waals surface area contributed by atoms with Gasteiger partial charge in [0.1, 0.15) is 18.5 Å². The number of anilines is 1. The van der Waals surface area contributed by atoms with Crippen molar-refractivity contribution in [2.24, 2.45) is 0 Å². The van der Waals surface area contributed by atoms with Gasteiger partial charge in [-0.3, -0.25) is 5.32 Å². The normalized spacial score (nSPS) is 23.2. The van der Waals surface area contributed by atoms with Crippen LogP contribution in [0.25, 0.3) is 0 Å². The van der Waals surface area contributed by atoms with E-state index in [1.54, 1.807) is 0 Å². The van der Waals surface area contributed by atoms with Crippen LogP contribution in [0.4, 0.5) is 19.4 Å². The van der Waals surface area contributed by atoms with E-state index >= 15 is 0 Å². The number of aliphatic hydroxyl groups excluding tert-OH is 1. The van der Waals surface area contributed by atoms with E-state index in [0.29, 0.717) is 4.57 Å². The minimum atomic E-state index is -3.86. The van der Waals surface area contributed by atoms with Gasteiger partial charge in [0.25, 0.3) is 0 Å². The molecular weight excluding hydrogens is 448 g/mol. The first-order valence-corrected chi connectivity index (χ1v) is 13.0. The SMILES string of the molecule is COCCOC(=O)Nc1ccnc(=O)n1[C@@H]1O[C@H](CO[Si](C)(C)C(C)(C)C)[C@@H](O)C1(F)F. The lowest BCUT2D eigenvalue weighted by Gasteiger charge is -2.37. The van der Waals surface area contributed by atoms with E-state index in [-0.39, 0.29) is 30.7 Å².